The molecule has 0 radical (unpaired) electrons. The largest absolute Gasteiger partial charge is 0.467 e. The van der Waals surface area contributed by atoms with Crippen LogP contribution in [0.1, 0.15) is 27.2 Å². The van der Waals surface area contributed by atoms with Gasteiger partial charge in [0, 0.05) is 5.56 Å². The fraction of sp³-hybridized carbons (Fsp3) is 0.0952. The number of amides is 1. The molecule has 5 nitrogen and oxygen atoms in total. The Hall–Kier alpha value is -3.43. The summed E-state index contributed by atoms with van der Waals surface area (Å²) in [4.78, 5) is 19.4. The molecule has 0 aliphatic rings. The third-order valence-corrected chi connectivity index (χ3v) is 5.20. The number of rotatable bonds is 4. The van der Waals surface area contributed by atoms with Gasteiger partial charge >= 0.3 is 0 Å². The third-order valence-electron chi connectivity index (χ3n) is 4.16. The molecule has 2 aromatic carbocycles. The number of hydrogen-bond donors (Lipinski definition) is 0. The quantitative estimate of drug-likeness (QED) is 0.509. The van der Waals surface area contributed by atoms with Crippen molar-refractivity contribution in [1.82, 2.24) is 4.98 Å². The highest BCUT2D eigenvalue weighted by Gasteiger charge is 2.22. The van der Waals surface area contributed by atoms with Crippen LogP contribution in [-0.2, 0) is 6.54 Å². The molecule has 132 valence electrons. The lowest BCUT2D eigenvalue weighted by molar-refractivity contribution is 0.0983. The Morgan fingerprint density at radius 1 is 1.22 bits per heavy atom. The number of carbonyl (C=O) groups is 1. The monoisotopic (exact) mass is 373 g/mol. The maximum Gasteiger partial charge on any atom is 0.260 e. The van der Waals surface area contributed by atoms with Gasteiger partial charge < -0.3 is 4.42 Å². The van der Waals surface area contributed by atoms with E-state index in [1.807, 2.05) is 25.1 Å². The minimum Gasteiger partial charge on any atom is -0.467 e. The topological polar surface area (TPSA) is 70.1 Å². The number of carbonyl (C=O) groups excluding carboxylic acids is 1. The van der Waals surface area contributed by atoms with Crippen LogP contribution in [0, 0.1) is 18.3 Å². The number of anilines is 1. The molecule has 0 unspecified atom stereocenters. The van der Waals surface area contributed by atoms with Crippen molar-refractivity contribution in [2.75, 3.05) is 4.90 Å². The molecular weight excluding hydrogens is 358 g/mol. The van der Waals surface area contributed by atoms with Crippen LogP contribution in [0.4, 0.5) is 5.13 Å². The van der Waals surface area contributed by atoms with Gasteiger partial charge in [0.05, 0.1) is 34.7 Å². The zero-order valence-corrected chi connectivity index (χ0v) is 15.4. The second kappa shape index (κ2) is 7.06. The predicted octanol–water partition coefficient (Wildman–Crippen LogP) is 4.92. The van der Waals surface area contributed by atoms with Crippen LogP contribution in [0.2, 0.25) is 0 Å². The molecule has 0 N–H and O–H groups in total. The van der Waals surface area contributed by atoms with Crippen LogP contribution in [0.25, 0.3) is 10.2 Å². The second-order valence-corrected chi connectivity index (χ2v) is 7.14. The minimum absolute atomic E-state index is 0.188. The van der Waals surface area contributed by atoms with Crippen LogP contribution in [0.5, 0.6) is 0 Å². The van der Waals surface area contributed by atoms with Crippen molar-refractivity contribution in [3.05, 3.63) is 83.3 Å². The first-order valence-electron chi connectivity index (χ1n) is 8.35. The van der Waals surface area contributed by atoms with E-state index in [-0.39, 0.29) is 12.5 Å². The van der Waals surface area contributed by atoms with Crippen molar-refractivity contribution in [3.63, 3.8) is 0 Å². The summed E-state index contributed by atoms with van der Waals surface area (Å²) >= 11 is 1.47. The van der Waals surface area contributed by atoms with Crippen molar-refractivity contribution in [1.29, 1.82) is 5.26 Å². The Morgan fingerprint density at radius 3 is 2.74 bits per heavy atom. The normalized spacial score (nSPS) is 10.7. The summed E-state index contributed by atoms with van der Waals surface area (Å²) in [5.41, 5.74) is 3.02. The van der Waals surface area contributed by atoms with Crippen molar-refractivity contribution in [2.24, 2.45) is 0 Å². The summed E-state index contributed by atoms with van der Waals surface area (Å²) in [5.74, 6) is 0.485. The molecule has 2 heterocycles. The van der Waals surface area contributed by atoms with Gasteiger partial charge in [-0.25, -0.2) is 4.98 Å². The summed E-state index contributed by atoms with van der Waals surface area (Å²) in [6.07, 6.45) is 1.58. The van der Waals surface area contributed by atoms with Gasteiger partial charge in [-0.2, -0.15) is 5.26 Å². The highest BCUT2D eigenvalue weighted by atomic mass is 32.1. The van der Waals surface area contributed by atoms with Gasteiger partial charge in [-0.15, -0.1) is 0 Å². The van der Waals surface area contributed by atoms with E-state index < -0.39 is 0 Å². The Morgan fingerprint density at radius 2 is 2.04 bits per heavy atom. The summed E-state index contributed by atoms with van der Waals surface area (Å²) in [7, 11) is 0. The molecule has 0 atom stereocenters. The zero-order valence-electron chi connectivity index (χ0n) is 14.5. The standard InChI is InChI=1S/C21H15N3O2S/c1-14-4-9-18-19(11-14)27-21(23-18)24(13-17-3-2-10-26-17)20(25)16-7-5-15(12-22)6-8-16/h2-11H,13H2,1H3. The molecule has 0 aliphatic carbocycles. The average Bonchev–Trinajstić information content (AvgIpc) is 3.34. The molecule has 4 rings (SSSR count). The van der Waals surface area contributed by atoms with Gasteiger partial charge in [-0.1, -0.05) is 17.4 Å². The minimum atomic E-state index is -0.188. The first-order valence-corrected chi connectivity index (χ1v) is 9.17. The predicted molar refractivity (Wildman–Crippen MR) is 105 cm³/mol. The molecule has 0 aliphatic heterocycles. The Labute approximate surface area is 160 Å². The van der Waals surface area contributed by atoms with Crippen molar-refractivity contribution in [3.8, 4) is 6.07 Å². The summed E-state index contributed by atoms with van der Waals surface area (Å²) in [5, 5.41) is 9.57. The van der Waals surface area contributed by atoms with E-state index in [0.717, 1.165) is 15.8 Å². The summed E-state index contributed by atoms with van der Waals surface area (Å²) < 4.78 is 6.47. The molecule has 4 aromatic rings. The molecule has 2 aromatic heterocycles. The van der Waals surface area contributed by atoms with Gasteiger partial charge in [-0.05, 0) is 61.0 Å². The second-order valence-electron chi connectivity index (χ2n) is 6.13. The maximum absolute atomic E-state index is 13.2. The average molecular weight is 373 g/mol. The first-order chi connectivity index (χ1) is 13.1. The van der Waals surface area contributed by atoms with Gasteiger partial charge in [0.15, 0.2) is 5.13 Å². The fourth-order valence-corrected chi connectivity index (χ4v) is 3.82. The summed E-state index contributed by atoms with van der Waals surface area (Å²) in [6.45, 7) is 2.31. The van der Waals surface area contributed by atoms with Crippen LogP contribution < -0.4 is 4.90 Å². The number of aromatic nitrogens is 1. The molecule has 0 fully saturated rings. The highest BCUT2D eigenvalue weighted by molar-refractivity contribution is 7.22. The number of thiazole rings is 1. The fourth-order valence-electron chi connectivity index (χ4n) is 2.76. The molecule has 1 amide bonds. The van der Waals surface area contributed by atoms with Gasteiger partial charge in [0.25, 0.3) is 5.91 Å². The number of nitrogens with zero attached hydrogens (tertiary/aromatic N) is 3. The van der Waals surface area contributed by atoms with Crippen LogP contribution in [0.15, 0.2) is 65.3 Å². The van der Waals surface area contributed by atoms with Crippen LogP contribution in [-0.4, -0.2) is 10.9 Å². The van der Waals surface area contributed by atoms with Crippen LogP contribution in [0.3, 0.4) is 0 Å². The van der Waals surface area contributed by atoms with Gasteiger partial charge in [-0.3, -0.25) is 9.69 Å². The van der Waals surface area contributed by atoms with E-state index in [2.05, 4.69) is 17.1 Å². The Bertz CT molecular complexity index is 1140. The number of fused-ring (bicyclic) bond motifs is 1. The molecule has 0 bridgehead atoms. The van der Waals surface area contributed by atoms with Crippen molar-refractivity contribution >= 4 is 32.6 Å². The Kier molecular flexibility index (Phi) is 4.45. The number of aryl methyl sites for hydroxylation is 1. The molecule has 0 spiro atoms. The third kappa shape index (κ3) is 3.46. The van der Waals surface area contributed by atoms with Gasteiger partial charge in [0.2, 0.25) is 0 Å². The van der Waals surface area contributed by atoms with Gasteiger partial charge in [0.1, 0.15) is 5.76 Å². The van der Waals surface area contributed by atoms with E-state index >= 15 is 0 Å². The van der Waals surface area contributed by atoms with E-state index in [1.54, 1.807) is 41.5 Å². The zero-order chi connectivity index (χ0) is 18.8. The van der Waals surface area contributed by atoms with E-state index in [1.165, 1.54) is 11.3 Å². The smallest absolute Gasteiger partial charge is 0.260 e. The van der Waals surface area contributed by atoms with E-state index in [4.69, 9.17) is 9.68 Å². The molecular formula is C21H15N3O2S. The molecule has 0 saturated heterocycles. The molecule has 0 saturated carbocycles. The number of benzene rings is 2. The number of nitriles is 1. The number of furan rings is 1. The molecule has 27 heavy (non-hydrogen) atoms. The first kappa shape index (κ1) is 17.0. The molecule has 6 heteroatoms. The van der Waals surface area contributed by atoms with Crippen molar-refractivity contribution < 1.29 is 9.21 Å². The lowest BCUT2D eigenvalue weighted by Gasteiger charge is -2.18. The van der Waals surface area contributed by atoms with Crippen LogP contribution >= 0.6 is 11.3 Å². The Balaban J connectivity index is 1.75. The maximum atomic E-state index is 13.2. The lowest BCUT2D eigenvalue weighted by Crippen LogP contribution is -2.30. The SMILES string of the molecule is Cc1ccc2nc(N(Cc3ccco3)C(=O)c3ccc(C#N)cc3)sc2c1. The van der Waals surface area contributed by atoms with E-state index in [0.29, 0.717) is 22.0 Å². The lowest BCUT2D eigenvalue weighted by atomic mass is 10.1. The van der Waals surface area contributed by atoms with Crippen molar-refractivity contribution in [2.45, 2.75) is 13.5 Å². The van der Waals surface area contributed by atoms with E-state index in [9.17, 15) is 4.79 Å². The highest BCUT2D eigenvalue weighted by Crippen LogP contribution is 2.31. The summed E-state index contributed by atoms with van der Waals surface area (Å²) in [6, 6.07) is 18.3. The number of hydrogen-bond acceptors (Lipinski definition) is 5.